The van der Waals surface area contributed by atoms with E-state index in [1.165, 1.54) is 11.6 Å². The molecule has 2 aromatic carbocycles. The minimum atomic E-state index is -0.931. The Kier molecular flexibility index (Phi) is 7.62. The Morgan fingerprint density at radius 3 is 2.63 bits per heavy atom. The molecule has 1 aliphatic rings. The molecule has 0 saturated carbocycles. The summed E-state index contributed by atoms with van der Waals surface area (Å²) in [6.07, 6.45) is 3.12. The first-order valence-electron chi connectivity index (χ1n) is 10.6. The third-order valence-corrected chi connectivity index (χ3v) is 6.29. The minimum absolute atomic E-state index is 0.284. The average molecular weight is 431 g/mol. The summed E-state index contributed by atoms with van der Waals surface area (Å²) in [5, 5.41) is 9.98. The Labute approximate surface area is 184 Å². The smallest absolute Gasteiger partial charge is 0.336 e. The van der Waals surface area contributed by atoms with Gasteiger partial charge in [-0.25, -0.2) is 4.79 Å². The van der Waals surface area contributed by atoms with Gasteiger partial charge >= 0.3 is 5.97 Å². The molecule has 0 aliphatic carbocycles. The summed E-state index contributed by atoms with van der Waals surface area (Å²) in [5.41, 5.74) is 3.31. The lowest BCUT2D eigenvalue weighted by molar-refractivity contribution is 0.0696. The highest BCUT2D eigenvalue weighted by Crippen LogP contribution is 2.32. The normalized spacial score (nSPS) is 15.2. The maximum atomic E-state index is 11.6. The molecular formula is C24H31ClN2O3. The number of halogens is 1. The number of likely N-dealkylation sites (tertiary alicyclic amines) is 1. The maximum Gasteiger partial charge on any atom is 0.336 e. The van der Waals surface area contributed by atoms with Crippen LogP contribution >= 0.6 is 11.6 Å². The van der Waals surface area contributed by atoms with Gasteiger partial charge in [0.05, 0.1) is 12.7 Å². The Balaban J connectivity index is 1.62. The Morgan fingerprint density at radius 1 is 1.27 bits per heavy atom. The first-order valence-corrected chi connectivity index (χ1v) is 11.0. The number of nitrogens with zero attached hydrogens (tertiary/aromatic N) is 2. The highest BCUT2D eigenvalue weighted by atomic mass is 35.5. The van der Waals surface area contributed by atoms with Crippen molar-refractivity contribution in [3.8, 4) is 5.75 Å². The average Bonchev–Trinajstić information content (AvgIpc) is 2.75. The predicted molar refractivity (Wildman–Crippen MR) is 122 cm³/mol. The second-order valence-corrected chi connectivity index (χ2v) is 8.30. The standard InChI is InChI=1S/C24H31ClN2O3/c1-4-27(23-16-19(25)15-22(17(23)2)24(28)29)20-9-12-26(13-10-20)11-8-18-6-5-7-21(14-18)30-3/h5-7,14-16,20H,4,8-13H2,1-3H3,(H,28,29). The van der Waals surface area contributed by atoms with Crippen LogP contribution in [0.5, 0.6) is 5.75 Å². The van der Waals surface area contributed by atoms with Crippen LogP contribution in [0.25, 0.3) is 0 Å². The van der Waals surface area contributed by atoms with Crippen LogP contribution in [0, 0.1) is 6.92 Å². The van der Waals surface area contributed by atoms with Gasteiger partial charge in [-0.3, -0.25) is 0 Å². The van der Waals surface area contributed by atoms with Gasteiger partial charge < -0.3 is 19.6 Å². The van der Waals surface area contributed by atoms with Crippen molar-refractivity contribution < 1.29 is 14.6 Å². The highest BCUT2D eigenvalue weighted by Gasteiger charge is 2.26. The van der Waals surface area contributed by atoms with Crippen LogP contribution in [-0.2, 0) is 6.42 Å². The number of benzene rings is 2. The first kappa shape index (κ1) is 22.4. The van der Waals surface area contributed by atoms with Crippen molar-refractivity contribution >= 4 is 23.3 Å². The Morgan fingerprint density at radius 2 is 2.00 bits per heavy atom. The summed E-state index contributed by atoms with van der Waals surface area (Å²) in [6.45, 7) is 7.93. The molecule has 0 aromatic heterocycles. The highest BCUT2D eigenvalue weighted by molar-refractivity contribution is 6.31. The third kappa shape index (κ3) is 5.27. The summed E-state index contributed by atoms with van der Waals surface area (Å²) in [4.78, 5) is 16.4. The van der Waals surface area contributed by atoms with Crippen LogP contribution in [-0.4, -0.2) is 55.3 Å². The number of carboxylic acids is 1. The third-order valence-electron chi connectivity index (χ3n) is 6.07. The van der Waals surface area contributed by atoms with E-state index in [0.29, 0.717) is 11.1 Å². The molecule has 2 aromatic rings. The number of piperidine rings is 1. The van der Waals surface area contributed by atoms with Crippen LogP contribution in [0.4, 0.5) is 5.69 Å². The number of carbonyl (C=O) groups is 1. The largest absolute Gasteiger partial charge is 0.497 e. The molecule has 1 saturated heterocycles. The SMILES string of the molecule is CCN(c1cc(Cl)cc(C(=O)O)c1C)C1CCN(CCc2cccc(OC)c2)CC1. The van der Waals surface area contributed by atoms with E-state index in [2.05, 4.69) is 28.9 Å². The zero-order valence-electron chi connectivity index (χ0n) is 18.0. The van der Waals surface area contributed by atoms with Crippen LogP contribution in [0.15, 0.2) is 36.4 Å². The lowest BCUT2D eigenvalue weighted by Crippen LogP contribution is -2.45. The molecule has 0 bridgehead atoms. The van der Waals surface area contributed by atoms with Gasteiger partial charge in [0, 0.05) is 42.9 Å². The van der Waals surface area contributed by atoms with Crippen molar-refractivity contribution in [2.45, 2.75) is 39.2 Å². The van der Waals surface area contributed by atoms with Crippen molar-refractivity contribution in [2.75, 3.05) is 38.2 Å². The molecule has 0 spiro atoms. The van der Waals surface area contributed by atoms with Crippen molar-refractivity contribution in [1.82, 2.24) is 4.90 Å². The predicted octanol–water partition coefficient (Wildman–Crippen LogP) is 4.89. The van der Waals surface area contributed by atoms with E-state index in [4.69, 9.17) is 16.3 Å². The molecule has 5 nitrogen and oxygen atoms in total. The lowest BCUT2D eigenvalue weighted by atomic mass is 9.99. The van der Waals surface area contributed by atoms with Gasteiger partial charge in [-0.15, -0.1) is 0 Å². The maximum absolute atomic E-state index is 11.6. The van der Waals surface area contributed by atoms with Gasteiger partial charge in [-0.1, -0.05) is 23.7 Å². The Hall–Kier alpha value is -2.24. The van der Waals surface area contributed by atoms with E-state index in [9.17, 15) is 9.90 Å². The molecule has 1 aliphatic heterocycles. The fourth-order valence-corrected chi connectivity index (χ4v) is 4.59. The summed E-state index contributed by atoms with van der Waals surface area (Å²) in [5.74, 6) is -0.0258. The number of methoxy groups -OCH3 is 1. The minimum Gasteiger partial charge on any atom is -0.497 e. The van der Waals surface area contributed by atoms with E-state index >= 15 is 0 Å². The molecule has 3 rings (SSSR count). The lowest BCUT2D eigenvalue weighted by Gasteiger charge is -2.40. The molecule has 0 unspecified atom stereocenters. The van der Waals surface area contributed by atoms with E-state index in [-0.39, 0.29) is 5.56 Å². The molecule has 30 heavy (non-hydrogen) atoms. The fourth-order valence-electron chi connectivity index (χ4n) is 4.38. The van der Waals surface area contributed by atoms with E-state index in [1.54, 1.807) is 7.11 Å². The molecule has 0 amide bonds. The van der Waals surface area contributed by atoms with Crippen LogP contribution < -0.4 is 9.64 Å². The number of anilines is 1. The van der Waals surface area contributed by atoms with Gasteiger partial charge in [0.25, 0.3) is 0 Å². The van der Waals surface area contributed by atoms with E-state index in [1.807, 2.05) is 25.1 Å². The molecule has 1 fully saturated rings. The van der Waals surface area contributed by atoms with Gasteiger partial charge in [0.1, 0.15) is 5.75 Å². The van der Waals surface area contributed by atoms with Gasteiger partial charge in [0.15, 0.2) is 0 Å². The van der Waals surface area contributed by atoms with Crippen molar-refractivity contribution in [3.63, 3.8) is 0 Å². The number of aromatic carboxylic acids is 1. The van der Waals surface area contributed by atoms with Gasteiger partial charge in [-0.2, -0.15) is 0 Å². The molecule has 1 N–H and O–H groups in total. The monoisotopic (exact) mass is 430 g/mol. The van der Waals surface area contributed by atoms with Crippen LogP contribution in [0.3, 0.4) is 0 Å². The number of hydrogen-bond acceptors (Lipinski definition) is 4. The van der Waals surface area contributed by atoms with E-state index < -0.39 is 5.97 Å². The topological polar surface area (TPSA) is 53.0 Å². The van der Waals surface area contributed by atoms with Gasteiger partial charge in [0.2, 0.25) is 0 Å². The Bertz CT molecular complexity index is 879. The molecule has 0 atom stereocenters. The first-order chi connectivity index (χ1) is 14.4. The quantitative estimate of drug-likeness (QED) is 0.646. The summed E-state index contributed by atoms with van der Waals surface area (Å²) in [7, 11) is 1.70. The molecule has 0 radical (unpaired) electrons. The molecule has 6 heteroatoms. The van der Waals surface area contributed by atoms with Crippen molar-refractivity contribution in [2.24, 2.45) is 0 Å². The fraction of sp³-hybridized carbons (Fsp3) is 0.458. The number of ether oxygens (including phenoxy) is 1. The molecule has 1 heterocycles. The summed E-state index contributed by atoms with van der Waals surface area (Å²) >= 11 is 6.24. The number of rotatable bonds is 8. The number of hydrogen-bond donors (Lipinski definition) is 1. The number of carboxylic acid groups (broad SMARTS) is 1. The summed E-state index contributed by atoms with van der Waals surface area (Å²) in [6, 6.07) is 12.1. The van der Waals surface area contributed by atoms with Crippen LogP contribution in [0.1, 0.15) is 41.3 Å². The van der Waals surface area contributed by atoms with Gasteiger partial charge in [-0.05, 0) is 68.5 Å². The molecular weight excluding hydrogens is 400 g/mol. The second kappa shape index (κ2) is 10.2. The summed E-state index contributed by atoms with van der Waals surface area (Å²) < 4.78 is 5.32. The zero-order chi connectivity index (χ0) is 21.7. The second-order valence-electron chi connectivity index (χ2n) is 7.86. The van der Waals surface area contributed by atoms with Crippen molar-refractivity contribution in [1.29, 1.82) is 0 Å². The van der Waals surface area contributed by atoms with Crippen LogP contribution in [0.2, 0.25) is 5.02 Å². The van der Waals surface area contributed by atoms with E-state index in [0.717, 1.165) is 62.4 Å². The van der Waals surface area contributed by atoms with Crippen molar-refractivity contribution in [3.05, 3.63) is 58.1 Å². The molecule has 162 valence electrons. The zero-order valence-corrected chi connectivity index (χ0v) is 18.8.